The van der Waals surface area contributed by atoms with E-state index in [4.69, 9.17) is 4.43 Å². The maximum Gasteiger partial charge on any atom is 0.192 e. The van der Waals surface area contributed by atoms with Gasteiger partial charge < -0.3 is 4.43 Å². The van der Waals surface area contributed by atoms with Crippen LogP contribution in [-0.2, 0) is 4.43 Å². The fourth-order valence-electron chi connectivity index (χ4n) is 1.41. The van der Waals surface area contributed by atoms with Crippen LogP contribution in [0.1, 0.15) is 39.4 Å². The summed E-state index contributed by atoms with van der Waals surface area (Å²) in [7, 11) is -1.65. The molecule has 1 atom stereocenters. The van der Waals surface area contributed by atoms with Gasteiger partial charge in [0.2, 0.25) is 0 Å². The summed E-state index contributed by atoms with van der Waals surface area (Å²) >= 11 is 0. The van der Waals surface area contributed by atoms with Crippen molar-refractivity contribution in [3.63, 3.8) is 0 Å². The number of rotatable bonds is 3. The summed E-state index contributed by atoms with van der Waals surface area (Å²) < 4.78 is 6.33. The van der Waals surface area contributed by atoms with Crippen LogP contribution >= 0.6 is 0 Å². The molecular formula is C14H24OSi. The van der Waals surface area contributed by atoms with Gasteiger partial charge in [-0.25, -0.2) is 0 Å². The zero-order valence-electron chi connectivity index (χ0n) is 11.4. The lowest BCUT2D eigenvalue weighted by Gasteiger charge is -2.38. The minimum absolute atomic E-state index is 0.196. The van der Waals surface area contributed by atoms with Crippen molar-refractivity contribution in [1.82, 2.24) is 0 Å². The highest BCUT2D eigenvalue weighted by Gasteiger charge is 2.38. The average Bonchev–Trinajstić information content (AvgIpc) is 2.16. The molecule has 0 fully saturated rings. The summed E-state index contributed by atoms with van der Waals surface area (Å²) in [5.74, 6) is 0. The van der Waals surface area contributed by atoms with E-state index in [0.717, 1.165) is 0 Å². The molecule has 0 aliphatic carbocycles. The van der Waals surface area contributed by atoms with Crippen LogP contribution in [0, 0.1) is 0 Å². The molecule has 0 aliphatic rings. The van der Waals surface area contributed by atoms with Crippen LogP contribution in [0.25, 0.3) is 0 Å². The molecule has 2 heteroatoms. The lowest BCUT2D eigenvalue weighted by molar-refractivity contribution is 0.203. The topological polar surface area (TPSA) is 9.23 Å². The third kappa shape index (κ3) is 3.19. The first-order chi connectivity index (χ1) is 7.24. The molecule has 0 saturated carbocycles. The van der Waals surface area contributed by atoms with E-state index in [1.165, 1.54) is 5.56 Å². The Balaban J connectivity index is 2.76. The maximum atomic E-state index is 6.33. The van der Waals surface area contributed by atoms with Crippen molar-refractivity contribution >= 4 is 8.32 Å². The van der Waals surface area contributed by atoms with E-state index in [1.54, 1.807) is 0 Å². The molecule has 0 radical (unpaired) electrons. The Morgan fingerprint density at radius 3 is 2.00 bits per heavy atom. The Kier molecular flexibility index (Phi) is 3.97. The Bertz CT molecular complexity index is 324. The first-order valence-electron chi connectivity index (χ1n) is 5.97. The van der Waals surface area contributed by atoms with E-state index < -0.39 is 8.32 Å². The van der Waals surface area contributed by atoms with Gasteiger partial charge in [0.15, 0.2) is 8.32 Å². The largest absolute Gasteiger partial charge is 0.410 e. The molecule has 16 heavy (non-hydrogen) atoms. The minimum atomic E-state index is -1.65. The van der Waals surface area contributed by atoms with Gasteiger partial charge in [-0.3, -0.25) is 0 Å². The van der Waals surface area contributed by atoms with Gasteiger partial charge in [0, 0.05) is 0 Å². The highest BCUT2D eigenvalue weighted by atomic mass is 28.4. The van der Waals surface area contributed by atoms with Crippen LogP contribution < -0.4 is 0 Å². The molecule has 1 nitrogen and oxygen atoms in total. The molecule has 0 aliphatic heterocycles. The quantitative estimate of drug-likeness (QED) is 0.687. The van der Waals surface area contributed by atoms with Crippen molar-refractivity contribution < 1.29 is 4.43 Å². The number of benzene rings is 1. The standard InChI is InChI=1S/C14H24OSi/c1-12(13-10-8-7-9-11-13)15-16(5,6)14(2,3)4/h7-12H,1-6H3/t12-/m0/s1. The molecule has 0 amide bonds. The first kappa shape index (κ1) is 13.5. The fraction of sp³-hybridized carbons (Fsp3) is 0.571. The molecular weight excluding hydrogens is 212 g/mol. The van der Waals surface area contributed by atoms with E-state index >= 15 is 0 Å². The predicted octanol–water partition coefficient (Wildman–Crippen LogP) is 4.77. The SMILES string of the molecule is C[C@H](O[Si](C)(C)C(C)(C)C)c1ccccc1. The van der Waals surface area contributed by atoms with E-state index in [2.05, 4.69) is 65.1 Å². The zero-order chi connectivity index (χ0) is 12.4. The fourth-order valence-corrected chi connectivity index (χ4v) is 2.78. The second-order valence-electron chi connectivity index (χ2n) is 5.93. The molecule has 0 bridgehead atoms. The summed E-state index contributed by atoms with van der Waals surface area (Å²) in [5, 5.41) is 0.274. The molecule has 0 heterocycles. The van der Waals surface area contributed by atoms with Crippen molar-refractivity contribution in [2.75, 3.05) is 0 Å². The van der Waals surface area contributed by atoms with Crippen LogP contribution in [0.5, 0.6) is 0 Å². The van der Waals surface area contributed by atoms with Gasteiger partial charge in [0.1, 0.15) is 0 Å². The summed E-state index contributed by atoms with van der Waals surface area (Å²) in [6.45, 7) is 13.6. The van der Waals surface area contributed by atoms with Crippen molar-refractivity contribution in [3.8, 4) is 0 Å². The van der Waals surface area contributed by atoms with Crippen LogP contribution in [-0.4, -0.2) is 8.32 Å². The van der Waals surface area contributed by atoms with Gasteiger partial charge in [-0.1, -0.05) is 51.1 Å². The van der Waals surface area contributed by atoms with Gasteiger partial charge in [0.05, 0.1) is 6.10 Å². The second-order valence-corrected chi connectivity index (χ2v) is 10.7. The van der Waals surface area contributed by atoms with E-state index in [9.17, 15) is 0 Å². The van der Waals surface area contributed by atoms with Gasteiger partial charge in [-0.2, -0.15) is 0 Å². The monoisotopic (exact) mass is 236 g/mol. The first-order valence-corrected chi connectivity index (χ1v) is 8.87. The van der Waals surface area contributed by atoms with Gasteiger partial charge >= 0.3 is 0 Å². The van der Waals surface area contributed by atoms with Crippen molar-refractivity contribution in [2.24, 2.45) is 0 Å². The third-order valence-electron chi connectivity index (χ3n) is 3.55. The molecule has 0 aromatic heterocycles. The molecule has 0 spiro atoms. The molecule has 1 aromatic carbocycles. The Hall–Kier alpha value is -0.603. The second kappa shape index (κ2) is 4.72. The lowest BCUT2D eigenvalue weighted by atomic mass is 10.1. The highest BCUT2D eigenvalue weighted by molar-refractivity contribution is 6.74. The normalized spacial score (nSPS) is 14.9. The predicted molar refractivity (Wildman–Crippen MR) is 73.1 cm³/mol. The third-order valence-corrected chi connectivity index (χ3v) is 8.10. The minimum Gasteiger partial charge on any atom is -0.410 e. The van der Waals surface area contributed by atoms with E-state index in [1.807, 2.05) is 6.07 Å². The van der Waals surface area contributed by atoms with Crippen LogP contribution in [0.2, 0.25) is 18.1 Å². The molecule has 1 rings (SSSR count). The summed E-state index contributed by atoms with van der Waals surface area (Å²) in [5.41, 5.74) is 1.27. The molecule has 0 N–H and O–H groups in total. The van der Waals surface area contributed by atoms with Crippen molar-refractivity contribution in [3.05, 3.63) is 35.9 Å². The molecule has 90 valence electrons. The Morgan fingerprint density at radius 2 is 1.56 bits per heavy atom. The Labute approximate surface area is 101 Å². The van der Waals surface area contributed by atoms with Crippen LogP contribution in [0.15, 0.2) is 30.3 Å². The average molecular weight is 236 g/mol. The Morgan fingerprint density at radius 1 is 1.06 bits per heavy atom. The zero-order valence-corrected chi connectivity index (χ0v) is 12.4. The smallest absolute Gasteiger partial charge is 0.192 e. The highest BCUT2D eigenvalue weighted by Crippen LogP contribution is 2.39. The van der Waals surface area contributed by atoms with Gasteiger partial charge in [-0.15, -0.1) is 0 Å². The van der Waals surface area contributed by atoms with Gasteiger partial charge in [0.25, 0.3) is 0 Å². The van der Waals surface area contributed by atoms with Crippen molar-refractivity contribution in [1.29, 1.82) is 0 Å². The van der Waals surface area contributed by atoms with Crippen molar-refractivity contribution in [2.45, 2.75) is 51.9 Å². The molecule has 0 saturated heterocycles. The molecule has 1 aromatic rings. The van der Waals surface area contributed by atoms with Gasteiger partial charge in [-0.05, 0) is 30.6 Å². The summed E-state index contributed by atoms with van der Waals surface area (Å²) in [6, 6.07) is 10.5. The molecule has 0 unspecified atom stereocenters. The van der Waals surface area contributed by atoms with Crippen LogP contribution in [0.4, 0.5) is 0 Å². The van der Waals surface area contributed by atoms with Crippen LogP contribution in [0.3, 0.4) is 0 Å². The number of hydrogen-bond donors (Lipinski definition) is 0. The van der Waals surface area contributed by atoms with E-state index in [-0.39, 0.29) is 11.1 Å². The summed E-state index contributed by atoms with van der Waals surface area (Å²) in [6.07, 6.45) is 0.196. The lowest BCUT2D eigenvalue weighted by Crippen LogP contribution is -2.41. The maximum absolute atomic E-state index is 6.33. The van der Waals surface area contributed by atoms with E-state index in [0.29, 0.717) is 0 Å². The summed E-state index contributed by atoms with van der Waals surface area (Å²) in [4.78, 5) is 0. The number of hydrogen-bond acceptors (Lipinski definition) is 1.